The summed E-state index contributed by atoms with van der Waals surface area (Å²) in [5.41, 5.74) is 9.76. The molecular formula is C48H30O2. The first-order chi connectivity index (χ1) is 24.8. The Bertz CT molecular complexity index is 3010. The molecule has 1 aliphatic carbocycles. The van der Waals surface area contributed by atoms with E-state index in [-0.39, 0.29) is 5.92 Å². The largest absolute Gasteiger partial charge is 0.452 e. The SMILES string of the molecule is C1=CC(c2ccc3oc4c(ccc5c6ccccc6oc54)c3c2)=CC(c2c3ccccc3c(-c3cccc4ccccc34)c3ccccc23)C1. The highest BCUT2D eigenvalue weighted by Gasteiger charge is 2.23. The van der Waals surface area contributed by atoms with Gasteiger partial charge in [-0.2, -0.15) is 0 Å². The lowest BCUT2D eigenvalue weighted by Crippen LogP contribution is -2.03. The summed E-state index contributed by atoms with van der Waals surface area (Å²) < 4.78 is 12.8. The number of fused-ring (bicyclic) bond motifs is 10. The molecule has 50 heavy (non-hydrogen) atoms. The van der Waals surface area contributed by atoms with E-state index in [1.54, 1.807) is 0 Å². The zero-order valence-electron chi connectivity index (χ0n) is 27.2. The quantitative estimate of drug-likeness (QED) is 0.180. The summed E-state index contributed by atoms with van der Waals surface area (Å²) in [6.07, 6.45) is 8.06. The number of furan rings is 2. The fraction of sp³-hybridized carbons (Fsp3) is 0.0417. The van der Waals surface area contributed by atoms with Crippen molar-refractivity contribution in [2.45, 2.75) is 12.3 Å². The molecular weight excluding hydrogens is 609 g/mol. The van der Waals surface area contributed by atoms with Crippen LogP contribution in [0.15, 0.2) is 173 Å². The standard InChI is InChI=1S/C48H30O2/c1-2-15-33-29(11-1)12-10-21-35(33)46-38-19-5-3-17-36(38)45(37-18-4-6-20-39(37)46)32-14-9-13-30(27-32)31-23-26-44-42(28-31)41-25-24-40-34-16-7-8-22-43(34)49-47(40)48(41)50-44/h1-13,15-28,32H,14H2. The maximum atomic E-state index is 6.47. The van der Waals surface area contributed by atoms with Crippen molar-refractivity contribution in [3.63, 3.8) is 0 Å². The Kier molecular flexibility index (Phi) is 5.82. The number of benzene rings is 8. The highest BCUT2D eigenvalue weighted by Crippen LogP contribution is 2.46. The molecule has 0 saturated carbocycles. The van der Waals surface area contributed by atoms with Crippen LogP contribution in [0.3, 0.4) is 0 Å². The molecule has 8 aromatic carbocycles. The molecule has 1 atom stereocenters. The van der Waals surface area contributed by atoms with E-state index in [0.717, 1.165) is 50.3 Å². The van der Waals surface area contributed by atoms with Crippen molar-refractivity contribution >= 4 is 81.8 Å². The van der Waals surface area contributed by atoms with Crippen molar-refractivity contribution in [3.8, 4) is 11.1 Å². The minimum Gasteiger partial charge on any atom is -0.452 e. The molecule has 2 heterocycles. The maximum Gasteiger partial charge on any atom is 0.178 e. The van der Waals surface area contributed by atoms with Crippen molar-refractivity contribution in [1.29, 1.82) is 0 Å². The molecule has 1 aliphatic rings. The molecule has 0 amide bonds. The summed E-state index contributed by atoms with van der Waals surface area (Å²) in [7, 11) is 0. The molecule has 1 unspecified atom stereocenters. The van der Waals surface area contributed by atoms with Gasteiger partial charge >= 0.3 is 0 Å². The average Bonchev–Trinajstić information content (AvgIpc) is 3.75. The van der Waals surface area contributed by atoms with Crippen LogP contribution >= 0.6 is 0 Å². The van der Waals surface area contributed by atoms with E-state index in [1.165, 1.54) is 60.1 Å². The van der Waals surface area contributed by atoms with Gasteiger partial charge in [-0.25, -0.2) is 0 Å². The normalized spacial score (nSPS) is 15.0. The molecule has 2 aromatic heterocycles. The molecule has 0 bridgehead atoms. The molecule has 10 aromatic rings. The zero-order valence-corrected chi connectivity index (χ0v) is 27.2. The van der Waals surface area contributed by atoms with Gasteiger partial charge in [0.05, 0.1) is 0 Å². The number of rotatable bonds is 3. The fourth-order valence-corrected chi connectivity index (χ4v) is 8.57. The summed E-state index contributed by atoms with van der Waals surface area (Å²) in [4.78, 5) is 0. The fourth-order valence-electron chi connectivity index (χ4n) is 8.57. The molecule has 2 heteroatoms. The van der Waals surface area contributed by atoms with E-state index in [9.17, 15) is 0 Å². The number of hydrogen-bond acceptors (Lipinski definition) is 2. The number of allylic oxidation sites excluding steroid dienone is 4. The Morgan fingerprint density at radius 1 is 0.460 bits per heavy atom. The molecule has 0 saturated heterocycles. The highest BCUT2D eigenvalue weighted by atomic mass is 16.4. The molecule has 0 radical (unpaired) electrons. The van der Waals surface area contributed by atoms with Crippen LogP contribution in [0.1, 0.15) is 23.5 Å². The van der Waals surface area contributed by atoms with Crippen molar-refractivity contribution < 1.29 is 8.83 Å². The van der Waals surface area contributed by atoms with Gasteiger partial charge in [0.15, 0.2) is 11.2 Å². The van der Waals surface area contributed by atoms with Crippen LogP contribution in [0.25, 0.3) is 92.9 Å². The van der Waals surface area contributed by atoms with Crippen molar-refractivity contribution in [2.75, 3.05) is 0 Å². The van der Waals surface area contributed by atoms with Gasteiger partial charge in [0.25, 0.3) is 0 Å². The van der Waals surface area contributed by atoms with Gasteiger partial charge < -0.3 is 8.83 Å². The lowest BCUT2D eigenvalue weighted by molar-refractivity contribution is 0.633. The summed E-state index contributed by atoms with van der Waals surface area (Å²) in [5.74, 6) is 0.221. The van der Waals surface area contributed by atoms with Gasteiger partial charge in [-0.15, -0.1) is 0 Å². The van der Waals surface area contributed by atoms with Gasteiger partial charge in [0.1, 0.15) is 11.2 Å². The summed E-state index contributed by atoms with van der Waals surface area (Å²) in [5, 5.41) is 12.1. The second kappa shape index (κ2) is 10.6. The molecule has 0 fully saturated rings. The van der Waals surface area contributed by atoms with E-state index in [1.807, 2.05) is 12.1 Å². The minimum atomic E-state index is 0.221. The molecule has 11 rings (SSSR count). The molecule has 0 aliphatic heterocycles. The molecule has 234 valence electrons. The summed E-state index contributed by atoms with van der Waals surface area (Å²) >= 11 is 0. The second-order valence-corrected chi connectivity index (χ2v) is 13.5. The predicted octanol–water partition coefficient (Wildman–Crippen LogP) is 13.7. The Morgan fingerprint density at radius 2 is 1.06 bits per heavy atom. The van der Waals surface area contributed by atoms with Crippen LogP contribution in [-0.2, 0) is 0 Å². The lowest BCUT2D eigenvalue weighted by atomic mass is 9.79. The average molecular weight is 639 g/mol. The van der Waals surface area contributed by atoms with Gasteiger partial charge in [-0.1, -0.05) is 133 Å². The number of hydrogen-bond donors (Lipinski definition) is 0. The number of para-hydroxylation sites is 1. The van der Waals surface area contributed by atoms with Crippen LogP contribution in [0.2, 0.25) is 0 Å². The summed E-state index contributed by atoms with van der Waals surface area (Å²) in [6.45, 7) is 0. The second-order valence-electron chi connectivity index (χ2n) is 13.5. The van der Waals surface area contributed by atoms with E-state index >= 15 is 0 Å². The van der Waals surface area contributed by atoms with Crippen LogP contribution < -0.4 is 0 Å². The third kappa shape index (κ3) is 3.96. The first kappa shape index (κ1) is 27.6. The maximum absolute atomic E-state index is 6.47. The Hall–Kier alpha value is -6.38. The smallest absolute Gasteiger partial charge is 0.178 e. The highest BCUT2D eigenvalue weighted by molar-refractivity contribution is 6.20. The van der Waals surface area contributed by atoms with Crippen LogP contribution in [0.5, 0.6) is 0 Å². The molecule has 0 spiro atoms. The predicted molar refractivity (Wildman–Crippen MR) is 210 cm³/mol. The van der Waals surface area contributed by atoms with Crippen molar-refractivity contribution in [3.05, 3.63) is 175 Å². The van der Waals surface area contributed by atoms with Crippen LogP contribution in [0.4, 0.5) is 0 Å². The molecule has 2 nitrogen and oxygen atoms in total. The molecule has 0 N–H and O–H groups in total. The lowest BCUT2D eigenvalue weighted by Gasteiger charge is -2.24. The topological polar surface area (TPSA) is 26.3 Å². The zero-order chi connectivity index (χ0) is 32.8. The van der Waals surface area contributed by atoms with Gasteiger partial charge in [-0.05, 0) is 96.9 Å². The first-order valence-electron chi connectivity index (χ1n) is 17.4. The van der Waals surface area contributed by atoms with Crippen LogP contribution in [-0.4, -0.2) is 0 Å². The third-order valence-electron chi connectivity index (χ3n) is 10.8. The van der Waals surface area contributed by atoms with Gasteiger partial charge in [0, 0.05) is 27.5 Å². The van der Waals surface area contributed by atoms with E-state index in [0.29, 0.717) is 0 Å². The van der Waals surface area contributed by atoms with Crippen LogP contribution in [0, 0.1) is 0 Å². The van der Waals surface area contributed by atoms with E-state index in [4.69, 9.17) is 8.83 Å². The van der Waals surface area contributed by atoms with Crippen molar-refractivity contribution in [1.82, 2.24) is 0 Å². The van der Waals surface area contributed by atoms with E-state index in [2.05, 4.69) is 152 Å². The monoisotopic (exact) mass is 638 g/mol. The third-order valence-corrected chi connectivity index (χ3v) is 10.8. The minimum absolute atomic E-state index is 0.221. The van der Waals surface area contributed by atoms with E-state index < -0.39 is 0 Å². The first-order valence-corrected chi connectivity index (χ1v) is 17.4. The van der Waals surface area contributed by atoms with Gasteiger partial charge in [-0.3, -0.25) is 0 Å². The Morgan fingerprint density at radius 3 is 1.82 bits per heavy atom. The Balaban J connectivity index is 1.09. The van der Waals surface area contributed by atoms with Gasteiger partial charge in [0.2, 0.25) is 0 Å². The van der Waals surface area contributed by atoms with Crippen molar-refractivity contribution in [2.24, 2.45) is 0 Å². The summed E-state index contributed by atoms with van der Waals surface area (Å²) in [6, 6.07) is 52.5. The Labute approximate surface area is 288 Å².